The summed E-state index contributed by atoms with van der Waals surface area (Å²) in [7, 11) is 0. The van der Waals surface area contributed by atoms with Crippen molar-refractivity contribution < 1.29 is 24.2 Å². The maximum absolute atomic E-state index is 14.4. The molecular formula is C32H47N3O5. The molecule has 0 saturated carbocycles. The molecule has 2 aromatic rings. The minimum Gasteiger partial charge on any atom is -0.508 e. The molecule has 0 aliphatic heterocycles. The molecule has 0 saturated heterocycles. The Kier molecular flexibility index (Phi) is 13.0. The Balaban J connectivity index is 2.51. The van der Waals surface area contributed by atoms with Crippen LogP contribution in [0.2, 0.25) is 0 Å². The fraction of sp³-hybridized carbons (Fsp3) is 0.531. The van der Waals surface area contributed by atoms with Crippen molar-refractivity contribution in [2.75, 3.05) is 13.1 Å². The quantitative estimate of drug-likeness (QED) is 0.256. The van der Waals surface area contributed by atoms with Gasteiger partial charge in [-0.05, 0) is 69.4 Å². The Hall–Kier alpha value is -3.55. The van der Waals surface area contributed by atoms with E-state index in [2.05, 4.69) is 17.6 Å². The van der Waals surface area contributed by atoms with Gasteiger partial charge in [0, 0.05) is 19.5 Å². The van der Waals surface area contributed by atoms with Crippen LogP contribution in [0.3, 0.4) is 0 Å². The van der Waals surface area contributed by atoms with E-state index < -0.39 is 23.8 Å². The van der Waals surface area contributed by atoms with E-state index in [0.717, 1.165) is 42.4 Å². The number of ether oxygens (including phenoxy) is 1. The number of nitrogens with one attached hydrogen (secondary N) is 2. The van der Waals surface area contributed by atoms with Crippen LogP contribution in [0.15, 0.2) is 48.5 Å². The Morgan fingerprint density at radius 2 is 1.60 bits per heavy atom. The van der Waals surface area contributed by atoms with Crippen LogP contribution in [-0.2, 0) is 20.7 Å². The highest BCUT2D eigenvalue weighted by molar-refractivity contribution is 5.92. The first-order chi connectivity index (χ1) is 19.0. The van der Waals surface area contributed by atoms with E-state index in [9.17, 15) is 19.5 Å². The van der Waals surface area contributed by atoms with Crippen molar-refractivity contribution >= 4 is 17.9 Å². The molecule has 3 amide bonds. The largest absolute Gasteiger partial charge is 0.508 e. The molecule has 0 radical (unpaired) electrons. The second-order valence-corrected chi connectivity index (χ2v) is 11.2. The SMILES string of the molecule is CCCCCNC(=O)C(c1ccccc1C)N(CCCC)C(=O)C(Cc1ccc(O)cc1)NC(=O)OC(C)(C)C. The van der Waals surface area contributed by atoms with Crippen LogP contribution in [0, 0.1) is 6.92 Å². The highest BCUT2D eigenvalue weighted by atomic mass is 16.6. The summed E-state index contributed by atoms with van der Waals surface area (Å²) in [5.41, 5.74) is 1.65. The lowest BCUT2D eigenvalue weighted by Gasteiger charge is -2.35. The van der Waals surface area contributed by atoms with Gasteiger partial charge in [0.05, 0.1) is 0 Å². The number of carbonyl (C=O) groups is 3. The summed E-state index contributed by atoms with van der Waals surface area (Å²) < 4.78 is 5.48. The van der Waals surface area contributed by atoms with E-state index >= 15 is 0 Å². The number of phenolic OH excluding ortho intramolecular Hbond substituents is 1. The zero-order valence-corrected chi connectivity index (χ0v) is 25.0. The summed E-state index contributed by atoms with van der Waals surface area (Å²) in [6, 6.07) is 12.2. The number of aryl methyl sites for hydroxylation is 1. The van der Waals surface area contributed by atoms with Crippen LogP contribution in [-0.4, -0.2) is 52.6 Å². The fourth-order valence-electron chi connectivity index (χ4n) is 4.44. The van der Waals surface area contributed by atoms with Crippen molar-refractivity contribution in [2.24, 2.45) is 0 Å². The standard InChI is InChI=1S/C32H47N3O5/c1-7-9-13-20-33-29(37)28(26-15-12-11-14-23(26)3)35(21-10-8-2)30(38)27(34-31(39)40-32(4,5)6)22-24-16-18-25(36)19-17-24/h11-12,14-19,27-28,36H,7-10,13,20-22H2,1-6H3,(H,33,37)(H,34,39). The Bertz CT molecular complexity index is 1090. The Labute approximate surface area is 239 Å². The third-order valence-electron chi connectivity index (χ3n) is 6.52. The number of hydrogen-bond donors (Lipinski definition) is 3. The molecule has 0 aromatic heterocycles. The number of hydrogen-bond acceptors (Lipinski definition) is 5. The number of carbonyl (C=O) groups excluding carboxylic acids is 3. The maximum atomic E-state index is 14.4. The molecule has 0 fully saturated rings. The summed E-state index contributed by atoms with van der Waals surface area (Å²) in [5, 5.41) is 15.6. The molecule has 0 aliphatic carbocycles. The van der Waals surface area contributed by atoms with Gasteiger partial charge in [0.25, 0.3) is 0 Å². The lowest BCUT2D eigenvalue weighted by atomic mass is 9.96. The molecule has 2 unspecified atom stereocenters. The molecule has 8 nitrogen and oxygen atoms in total. The minimum absolute atomic E-state index is 0.107. The molecule has 2 aromatic carbocycles. The highest BCUT2D eigenvalue weighted by Crippen LogP contribution is 2.27. The first-order valence-corrected chi connectivity index (χ1v) is 14.4. The molecular weight excluding hydrogens is 506 g/mol. The van der Waals surface area contributed by atoms with Crippen LogP contribution < -0.4 is 10.6 Å². The van der Waals surface area contributed by atoms with Crippen LogP contribution in [0.5, 0.6) is 5.75 Å². The summed E-state index contributed by atoms with van der Waals surface area (Å²) >= 11 is 0. The van der Waals surface area contributed by atoms with E-state index in [0.29, 0.717) is 19.5 Å². The summed E-state index contributed by atoms with van der Waals surface area (Å²) in [5.74, 6) is -0.504. The summed E-state index contributed by atoms with van der Waals surface area (Å²) in [6.45, 7) is 12.2. The lowest BCUT2D eigenvalue weighted by molar-refractivity contribution is -0.142. The van der Waals surface area contributed by atoms with Gasteiger partial charge in [0.1, 0.15) is 23.4 Å². The van der Waals surface area contributed by atoms with Gasteiger partial charge in [0.2, 0.25) is 11.8 Å². The summed E-state index contributed by atoms with van der Waals surface area (Å²) in [6.07, 6.45) is 3.86. The van der Waals surface area contributed by atoms with E-state index in [4.69, 9.17) is 4.74 Å². The van der Waals surface area contributed by atoms with E-state index in [1.165, 1.54) is 0 Å². The topological polar surface area (TPSA) is 108 Å². The van der Waals surface area contributed by atoms with Gasteiger partial charge in [0.15, 0.2) is 0 Å². The van der Waals surface area contributed by atoms with Gasteiger partial charge < -0.3 is 25.4 Å². The summed E-state index contributed by atoms with van der Waals surface area (Å²) in [4.78, 5) is 42.6. The molecule has 0 aliphatic rings. The molecule has 220 valence electrons. The van der Waals surface area contributed by atoms with Gasteiger partial charge in [-0.15, -0.1) is 0 Å². The molecule has 40 heavy (non-hydrogen) atoms. The first-order valence-electron chi connectivity index (χ1n) is 14.4. The molecule has 8 heteroatoms. The van der Waals surface area contributed by atoms with Crippen molar-refractivity contribution in [2.45, 2.75) is 97.8 Å². The molecule has 0 heterocycles. The molecule has 0 spiro atoms. The number of alkyl carbamates (subject to hydrolysis) is 1. The Morgan fingerprint density at radius 1 is 0.950 bits per heavy atom. The average molecular weight is 554 g/mol. The molecule has 2 atom stereocenters. The van der Waals surface area contributed by atoms with Crippen molar-refractivity contribution in [1.82, 2.24) is 15.5 Å². The van der Waals surface area contributed by atoms with Gasteiger partial charge in [-0.3, -0.25) is 9.59 Å². The van der Waals surface area contributed by atoms with Crippen LogP contribution in [0.25, 0.3) is 0 Å². The third-order valence-corrected chi connectivity index (χ3v) is 6.52. The lowest BCUT2D eigenvalue weighted by Crippen LogP contribution is -2.54. The van der Waals surface area contributed by atoms with Crippen LogP contribution in [0.4, 0.5) is 4.79 Å². The van der Waals surface area contributed by atoms with Crippen LogP contribution in [0.1, 0.15) is 89.5 Å². The van der Waals surface area contributed by atoms with Crippen molar-refractivity contribution in [1.29, 1.82) is 0 Å². The van der Waals surface area contributed by atoms with Gasteiger partial charge in [-0.25, -0.2) is 4.79 Å². The number of benzene rings is 2. The van der Waals surface area contributed by atoms with E-state index in [-0.39, 0.29) is 24.0 Å². The fourth-order valence-corrected chi connectivity index (χ4v) is 4.44. The number of unbranched alkanes of at least 4 members (excludes halogenated alkanes) is 3. The second kappa shape index (κ2) is 15.9. The zero-order valence-electron chi connectivity index (χ0n) is 25.0. The number of nitrogens with zero attached hydrogens (tertiary/aromatic N) is 1. The monoisotopic (exact) mass is 553 g/mol. The van der Waals surface area contributed by atoms with Crippen molar-refractivity contribution in [3.8, 4) is 5.75 Å². The van der Waals surface area contributed by atoms with Gasteiger partial charge >= 0.3 is 6.09 Å². The molecule has 0 bridgehead atoms. The number of phenols is 1. The number of rotatable bonds is 14. The highest BCUT2D eigenvalue weighted by Gasteiger charge is 2.36. The smallest absolute Gasteiger partial charge is 0.408 e. The molecule has 2 rings (SSSR count). The third kappa shape index (κ3) is 10.5. The van der Waals surface area contributed by atoms with Crippen LogP contribution >= 0.6 is 0 Å². The Morgan fingerprint density at radius 3 is 2.20 bits per heavy atom. The predicted octanol–water partition coefficient (Wildman–Crippen LogP) is 5.81. The first kappa shape index (κ1) is 32.7. The van der Waals surface area contributed by atoms with E-state index in [1.807, 2.05) is 38.1 Å². The zero-order chi connectivity index (χ0) is 29.7. The van der Waals surface area contributed by atoms with Gasteiger partial charge in [-0.1, -0.05) is 69.5 Å². The van der Waals surface area contributed by atoms with Crippen molar-refractivity contribution in [3.05, 3.63) is 65.2 Å². The normalized spacial score (nSPS) is 12.8. The van der Waals surface area contributed by atoms with Crippen molar-refractivity contribution in [3.63, 3.8) is 0 Å². The number of amides is 3. The maximum Gasteiger partial charge on any atom is 0.408 e. The number of aromatic hydroxyl groups is 1. The van der Waals surface area contributed by atoms with E-state index in [1.54, 1.807) is 49.9 Å². The molecule has 3 N–H and O–H groups in total. The van der Waals surface area contributed by atoms with Gasteiger partial charge in [-0.2, -0.15) is 0 Å². The predicted molar refractivity (Wildman–Crippen MR) is 158 cm³/mol. The minimum atomic E-state index is -0.990. The second-order valence-electron chi connectivity index (χ2n) is 11.2. The average Bonchev–Trinajstić information content (AvgIpc) is 2.89.